The first-order chi connectivity index (χ1) is 12.5. The predicted octanol–water partition coefficient (Wildman–Crippen LogP) is 5.60. The van der Waals surface area contributed by atoms with Gasteiger partial charge in [-0.2, -0.15) is 0 Å². The van der Waals surface area contributed by atoms with Crippen molar-refractivity contribution in [3.63, 3.8) is 0 Å². The van der Waals surface area contributed by atoms with Gasteiger partial charge in [0, 0.05) is 16.9 Å². The van der Waals surface area contributed by atoms with Crippen LogP contribution in [0.1, 0.15) is 37.1 Å². The molecule has 3 heteroatoms. The third-order valence-corrected chi connectivity index (χ3v) is 5.16. The lowest BCUT2D eigenvalue weighted by atomic mass is 9.76. The van der Waals surface area contributed by atoms with Gasteiger partial charge in [-0.3, -0.25) is 0 Å². The molecule has 0 spiro atoms. The summed E-state index contributed by atoms with van der Waals surface area (Å²) < 4.78 is 2.34. The molecule has 132 valence electrons. The van der Waals surface area contributed by atoms with E-state index in [4.69, 9.17) is 0 Å². The monoisotopic (exact) mass is 344 g/mol. The number of benzene rings is 2. The van der Waals surface area contributed by atoms with Gasteiger partial charge in [0.2, 0.25) is 0 Å². The lowest BCUT2D eigenvalue weighted by Crippen LogP contribution is -2.28. The second kappa shape index (κ2) is 6.17. The molecule has 0 fully saturated rings. The number of aryl methyl sites for hydroxylation is 1. The standard InChI is InChI=1S/C23H24N2O/c1-16-8-7-11-18(12-16)25-21(17-9-5-4-6-10-17)13-19-20(24-26)14-23(2,3)15-22(19)25/h4-13,26H,14-15H2,1-3H3/b24-20-. The van der Waals surface area contributed by atoms with Crippen molar-refractivity contribution in [3.8, 4) is 16.9 Å². The molecule has 3 aromatic rings. The molecule has 2 aromatic carbocycles. The largest absolute Gasteiger partial charge is 0.411 e. The van der Waals surface area contributed by atoms with E-state index in [1.807, 2.05) is 6.07 Å². The summed E-state index contributed by atoms with van der Waals surface area (Å²) in [5.74, 6) is 0. The summed E-state index contributed by atoms with van der Waals surface area (Å²) >= 11 is 0. The van der Waals surface area contributed by atoms with Crippen LogP contribution in [0, 0.1) is 12.3 Å². The molecule has 1 aliphatic rings. The van der Waals surface area contributed by atoms with Gasteiger partial charge in [-0.15, -0.1) is 0 Å². The van der Waals surface area contributed by atoms with Gasteiger partial charge in [0.25, 0.3) is 0 Å². The van der Waals surface area contributed by atoms with Crippen LogP contribution in [0.5, 0.6) is 0 Å². The maximum Gasteiger partial charge on any atom is 0.0891 e. The highest BCUT2D eigenvalue weighted by Crippen LogP contribution is 2.40. The van der Waals surface area contributed by atoms with E-state index in [2.05, 4.69) is 85.1 Å². The highest BCUT2D eigenvalue weighted by atomic mass is 16.4. The molecular weight excluding hydrogens is 320 g/mol. The fraction of sp³-hybridized carbons (Fsp3) is 0.261. The lowest BCUT2D eigenvalue weighted by Gasteiger charge is -2.31. The Balaban J connectivity index is 2.03. The first kappa shape index (κ1) is 16.6. The summed E-state index contributed by atoms with van der Waals surface area (Å²) in [6.07, 6.45) is 1.73. The number of rotatable bonds is 2. The van der Waals surface area contributed by atoms with Crippen molar-refractivity contribution >= 4 is 5.71 Å². The van der Waals surface area contributed by atoms with E-state index in [0.29, 0.717) is 0 Å². The van der Waals surface area contributed by atoms with E-state index in [9.17, 15) is 5.21 Å². The Hall–Kier alpha value is -2.81. The molecule has 0 bridgehead atoms. The van der Waals surface area contributed by atoms with E-state index in [0.717, 1.165) is 35.5 Å². The van der Waals surface area contributed by atoms with Gasteiger partial charge in [-0.1, -0.05) is 61.5 Å². The Bertz CT molecular complexity index is 981. The zero-order valence-corrected chi connectivity index (χ0v) is 15.5. The van der Waals surface area contributed by atoms with Crippen molar-refractivity contribution in [2.75, 3.05) is 0 Å². The number of aromatic nitrogens is 1. The molecule has 0 saturated heterocycles. The van der Waals surface area contributed by atoms with Gasteiger partial charge in [-0.05, 0) is 54.5 Å². The Morgan fingerprint density at radius 2 is 1.73 bits per heavy atom. The summed E-state index contributed by atoms with van der Waals surface area (Å²) in [6.45, 7) is 6.58. The summed E-state index contributed by atoms with van der Waals surface area (Å²) in [5, 5.41) is 13.3. The third kappa shape index (κ3) is 2.84. The lowest BCUT2D eigenvalue weighted by molar-refractivity contribution is 0.305. The molecule has 26 heavy (non-hydrogen) atoms. The third-order valence-electron chi connectivity index (χ3n) is 5.16. The van der Waals surface area contributed by atoms with Crippen LogP contribution in [-0.4, -0.2) is 15.5 Å². The first-order valence-electron chi connectivity index (χ1n) is 9.07. The minimum Gasteiger partial charge on any atom is -0.411 e. The molecule has 0 amide bonds. The quantitative estimate of drug-likeness (QED) is 0.476. The number of fused-ring (bicyclic) bond motifs is 1. The molecular formula is C23H24N2O. The molecule has 1 N–H and O–H groups in total. The van der Waals surface area contributed by atoms with Crippen molar-refractivity contribution in [2.45, 2.75) is 33.6 Å². The van der Waals surface area contributed by atoms with Gasteiger partial charge in [0.1, 0.15) is 0 Å². The van der Waals surface area contributed by atoms with Gasteiger partial charge < -0.3 is 9.77 Å². The van der Waals surface area contributed by atoms with Crippen LogP contribution in [0.25, 0.3) is 16.9 Å². The second-order valence-electron chi connectivity index (χ2n) is 7.99. The second-order valence-corrected chi connectivity index (χ2v) is 7.99. The fourth-order valence-electron chi connectivity index (χ4n) is 4.01. The normalized spacial score (nSPS) is 17.3. The van der Waals surface area contributed by atoms with Crippen LogP contribution in [0.2, 0.25) is 0 Å². The summed E-state index contributed by atoms with van der Waals surface area (Å²) in [7, 11) is 0. The first-order valence-corrected chi connectivity index (χ1v) is 9.07. The zero-order chi connectivity index (χ0) is 18.3. The van der Waals surface area contributed by atoms with Crippen LogP contribution in [0.3, 0.4) is 0 Å². The van der Waals surface area contributed by atoms with Gasteiger partial charge in [0.15, 0.2) is 0 Å². The summed E-state index contributed by atoms with van der Waals surface area (Å²) in [5.41, 5.74) is 7.81. The van der Waals surface area contributed by atoms with Crippen molar-refractivity contribution in [1.29, 1.82) is 0 Å². The maximum absolute atomic E-state index is 9.63. The van der Waals surface area contributed by atoms with Crippen molar-refractivity contribution in [3.05, 3.63) is 77.5 Å². The molecule has 0 radical (unpaired) electrons. The van der Waals surface area contributed by atoms with Crippen LogP contribution in [-0.2, 0) is 6.42 Å². The van der Waals surface area contributed by atoms with Crippen LogP contribution >= 0.6 is 0 Å². The molecule has 3 nitrogen and oxygen atoms in total. The summed E-state index contributed by atoms with van der Waals surface area (Å²) in [6, 6.07) is 21.2. The van der Waals surface area contributed by atoms with Gasteiger partial charge in [-0.25, -0.2) is 0 Å². The molecule has 0 unspecified atom stereocenters. The highest BCUT2D eigenvalue weighted by Gasteiger charge is 2.34. The SMILES string of the molecule is Cc1cccc(-n2c(-c3ccccc3)cc3c2CC(C)(C)C/C3=N/O)c1. The Kier molecular flexibility index (Phi) is 3.95. The number of hydrogen-bond donors (Lipinski definition) is 1. The van der Waals surface area contributed by atoms with E-state index in [1.165, 1.54) is 16.8 Å². The van der Waals surface area contributed by atoms with Crippen molar-refractivity contribution < 1.29 is 5.21 Å². The van der Waals surface area contributed by atoms with Crippen LogP contribution in [0.4, 0.5) is 0 Å². The Morgan fingerprint density at radius 3 is 2.42 bits per heavy atom. The summed E-state index contributed by atoms with van der Waals surface area (Å²) in [4.78, 5) is 0. The topological polar surface area (TPSA) is 37.5 Å². The van der Waals surface area contributed by atoms with Crippen LogP contribution in [0.15, 0.2) is 65.8 Å². The number of hydrogen-bond acceptors (Lipinski definition) is 2. The van der Waals surface area contributed by atoms with Crippen molar-refractivity contribution in [2.24, 2.45) is 10.6 Å². The minimum atomic E-state index is 0.0580. The van der Waals surface area contributed by atoms with E-state index in [-0.39, 0.29) is 5.41 Å². The highest BCUT2D eigenvalue weighted by molar-refractivity contribution is 6.04. The molecule has 0 aliphatic heterocycles. The van der Waals surface area contributed by atoms with Gasteiger partial charge >= 0.3 is 0 Å². The molecule has 4 rings (SSSR count). The molecule has 1 aromatic heterocycles. The smallest absolute Gasteiger partial charge is 0.0891 e. The zero-order valence-electron chi connectivity index (χ0n) is 15.5. The molecule has 1 heterocycles. The average molecular weight is 344 g/mol. The number of nitrogens with zero attached hydrogens (tertiary/aromatic N) is 2. The Morgan fingerprint density at radius 1 is 0.962 bits per heavy atom. The fourth-order valence-corrected chi connectivity index (χ4v) is 4.01. The van der Waals surface area contributed by atoms with E-state index < -0.39 is 0 Å². The van der Waals surface area contributed by atoms with Crippen LogP contribution < -0.4 is 0 Å². The average Bonchev–Trinajstić information content (AvgIpc) is 3.00. The van der Waals surface area contributed by atoms with Gasteiger partial charge in [0.05, 0.1) is 11.4 Å². The Labute approximate surface area is 154 Å². The predicted molar refractivity (Wildman–Crippen MR) is 106 cm³/mol. The van der Waals surface area contributed by atoms with Crippen molar-refractivity contribution in [1.82, 2.24) is 4.57 Å². The minimum absolute atomic E-state index is 0.0580. The number of oxime groups is 1. The maximum atomic E-state index is 9.63. The van der Waals surface area contributed by atoms with E-state index >= 15 is 0 Å². The molecule has 0 atom stereocenters. The molecule has 0 saturated carbocycles. The molecule has 1 aliphatic carbocycles. The van der Waals surface area contributed by atoms with E-state index in [1.54, 1.807) is 0 Å².